The first-order valence-corrected chi connectivity index (χ1v) is 7.85. The van der Waals surface area contributed by atoms with Crippen LogP contribution >= 0.6 is 7.83 Å². The summed E-state index contributed by atoms with van der Waals surface area (Å²) in [6, 6.07) is 0. The molecule has 14 heteroatoms. The van der Waals surface area contributed by atoms with E-state index in [-0.39, 0.29) is 10.7 Å². The molecule has 0 aromatic heterocycles. The SMILES string of the molecule is CS(=O)(=O)N=P(F)(F)NS(=O)(=O)C(F)(F)F. The maximum Gasteiger partial charge on any atom is 0.511 e. The van der Waals surface area contributed by atoms with E-state index in [0.29, 0.717) is 0 Å². The van der Waals surface area contributed by atoms with Crippen LogP contribution < -0.4 is 4.49 Å². The van der Waals surface area contributed by atoms with E-state index >= 15 is 0 Å². The molecule has 0 aliphatic heterocycles. The Labute approximate surface area is 87.3 Å². The summed E-state index contributed by atoms with van der Waals surface area (Å²) in [6.45, 7) is 0. The van der Waals surface area contributed by atoms with Crippen LogP contribution in [0.15, 0.2) is 4.15 Å². The van der Waals surface area contributed by atoms with Crippen molar-refractivity contribution in [3.05, 3.63) is 0 Å². The quantitative estimate of drug-likeness (QED) is 0.627. The third kappa shape index (κ3) is 5.18. The lowest BCUT2D eigenvalue weighted by Crippen LogP contribution is -2.33. The highest BCUT2D eigenvalue weighted by molar-refractivity contribution is 7.98. The van der Waals surface area contributed by atoms with Crippen LogP contribution in [-0.2, 0) is 20.0 Å². The van der Waals surface area contributed by atoms with Crippen molar-refractivity contribution >= 4 is 27.9 Å². The van der Waals surface area contributed by atoms with Gasteiger partial charge in [0.2, 0.25) is 0 Å². The molecule has 0 saturated carbocycles. The normalized spacial score (nSPS) is 14.9. The monoisotopic (exact) mass is 310 g/mol. The lowest BCUT2D eigenvalue weighted by molar-refractivity contribution is -0.0442. The summed E-state index contributed by atoms with van der Waals surface area (Å²) in [5.74, 6) is 0. The van der Waals surface area contributed by atoms with Gasteiger partial charge in [0.25, 0.3) is 10.0 Å². The molecule has 0 aliphatic carbocycles. The van der Waals surface area contributed by atoms with E-state index < -0.39 is 33.4 Å². The molecule has 0 aromatic rings. The first-order valence-electron chi connectivity index (χ1n) is 2.99. The summed E-state index contributed by atoms with van der Waals surface area (Å²) in [6.07, 6.45) is 0.183. The Kier molecular flexibility index (Phi) is 4.13. The Balaban J connectivity index is 5.41. The predicted molar refractivity (Wildman–Crippen MR) is 44.5 cm³/mol. The molecule has 0 rings (SSSR count). The summed E-state index contributed by atoms with van der Waals surface area (Å²) in [5.41, 5.74) is -5.97. The van der Waals surface area contributed by atoms with Gasteiger partial charge in [0.05, 0.1) is 6.26 Å². The second-order valence-corrected chi connectivity index (χ2v) is 7.63. The Morgan fingerprint density at radius 2 is 1.50 bits per heavy atom. The number of alkyl halides is 3. The molecule has 0 fully saturated rings. The molecule has 0 bridgehead atoms. The van der Waals surface area contributed by atoms with Crippen molar-refractivity contribution in [2.75, 3.05) is 6.26 Å². The van der Waals surface area contributed by atoms with Gasteiger partial charge in [0, 0.05) is 0 Å². The highest BCUT2D eigenvalue weighted by atomic mass is 32.2. The van der Waals surface area contributed by atoms with Gasteiger partial charge in [-0.2, -0.15) is 21.6 Å². The molecular weight excluding hydrogens is 306 g/mol. The molecule has 0 unspecified atom stereocenters. The Hall–Kier alpha value is -0.260. The summed E-state index contributed by atoms with van der Waals surface area (Å²) >= 11 is 0. The third-order valence-corrected chi connectivity index (χ3v) is 5.24. The van der Waals surface area contributed by atoms with Crippen LogP contribution in [0.2, 0.25) is 0 Å². The van der Waals surface area contributed by atoms with Crippen LogP contribution in [0.1, 0.15) is 0 Å². The van der Waals surface area contributed by atoms with Crippen molar-refractivity contribution in [2.45, 2.75) is 5.51 Å². The molecular formula is C2H4F5N2O4PS2. The highest BCUT2D eigenvalue weighted by Crippen LogP contribution is 2.51. The molecule has 1 N–H and O–H groups in total. The number of hydrogen-bond acceptors (Lipinski definition) is 4. The predicted octanol–water partition coefficient (Wildman–Crippen LogP) is 1.27. The maximum absolute atomic E-state index is 12.5. The second kappa shape index (κ2) is 4.20. The zero-order valence-electron chi connectivity index (χ0n) is 7.23. The lowest BCUT2D eigenvalue weighted by atomic mass is 11.6. The molecule has 0 atom stereocenters. The van der Waals surface area contributed by atoms with E-state index in [0.717, 1.165) is 0 Å². The van der Waals surface area contributed by atoms with E-state index in [1.54, 1.807) is 4.15 Å². The van der Waals surface area contributed by atoms with Crippen molar-refractivity contribution < 1.29 is 38.4 Å². The average Bonchev–Trinajstić information content (AvgIpc) is 1.72. The largest absolute Gasteiger partial charge is 0.511 e. The minimum Gasteiger partial charge on any atom is -0.205 e. The Morgan fingerprint density at radius 1 is 1.12 bits per heavy atom. The number of nitrogens with zero attached hydrogens (tertiary/aromatic N) is 1. The minimum atomic E-state index is -6.34. The number of rotatable bonds is 3. The van der Waals surface area contributed by atoms with Crippen LogP contribution in [0.25, 0.3) is 0 Å². The fourth-order valence-electron chi connectivity index (χ4n) is 0.399. The molecule has 0 heterocycles. The molecule has 0 saturated heterocycles. The first kappa shape index (κ1) is 15.7. The van der Waals surface area contributed by atoms with Crippen molar-refractivity contribution in [3.63, 3.8) is 0 Å². The topological polar surface area (TPSA) is 92.7 Å². The highest BCUT2D eigenvalue weighted by Gasteiger charge is 2.49. The summed E-state index contributed by atoms with van der Waals surface area (Å²) < 4.78 is 102. The fraction of sp³-hybridized carbons (Fsp3) is 1.00. The van der Waals surface area contributed by atoms with Crippen molar-refractivity contribution in [3.8, 4) is 0 Å². The summed E-state index contributed by atoms with van der Waals surface area (Å²) in [7, 11) is -17.3. The first-order chi connectivity index (χ1) is 6.66. The zero-order chi connectivity index (χ0) is 13.4. The van der Waals surface area contributed by atoms with Crippen molar-refractivity contribution in [1.29, 1.82) is 0 Å². The zero-order valence-corrected chi connectivity index (χ0v) is 9.76. The van der Waals surface area contributed by atoms with E-state index in [1.807, 2.05) is 0 Å². The van der Waals surface area contributed by atoms with Crippen molar-refractivity contribution in [1.82, 2.24) is 4.49 Å². The number of sulfonamides is 2. The van der Waals surface area contributed by atoms with Gasteiger partial charge in [-0.3, -0.25) is 0 Å². The van der Waals surface area contributed by atoms with Crippen molar-refractivity contribution in [2.24, 2.45) is 4.15 Å². The molecule has 16 heavy (non-hydrogen) atoms. The van der Waals surface area contributed by atoms with Gasteiger partial charge >= 0.3 is 23.4 Å². The van der Waals surface area contributed by atoms with E-state index in [4.69, 9.17) is 0 Å². The van der Waals surface area contributed by atoms with Gasteiger partial charge in [-0.25, -0.2) is 16.8 Å². The van der Waals surface area contributed by atoms with Crippen LogP contribution in [0.4, 0.5) is 21.6 Å². The summed E-state index contributed by atoms with van der Waals surface area (Å²) in [5, 5.41) is 0. The molecule has 98 valence electrons. The second-order valence-electron chi connectivity index (χ2n) is 2.34. The van der Waals surface area contributed by atoms with Crippen LogP contribution in [0.3, 0.4) is 0 Å². The van der Waals surface area contributed by atoms with Crippen LogP contribution in [0.5, 0.6) is 0 Å². The van der Waals surface area contributed by atoms with E-state index in [9.17, 15) is 38.4 Å². The van der Waals surface area contributed by atoms with Crippen LogP contribution in [0, 0.1) is 0 Å². The molecule has 0 radical (unpaired) electrons. The molecule has 0 aliphatic rings. The third-order valence-electron chi connectivity index (χ3n) is 0.786. The smallest absolute Gasteiger partial charge is 0.205 e. The summed E-state index contributed by atoms with van der Waals surface area (Å²) in [4.78, 5) is 0. The minimum absolute atomic E-state index is 0.0917. The molecule has 0 spiro atoms. The van der Waals surface area contributed by atoms with Gasteiger partial charge in [-0.05, 0) is 0 Å². The average molecular weight is 310 g/mol. The lowest BCUT2D eigenvalue weighted by Gasteiger charge is -2.10. The Morgan fingerprint density at radius 3 is 1.75 bits per heavy atom. The molecule has 0 aromatic carbocycles. The maximum atomic E-state index is 12.5. The number of halogens is 5. The standard InChI is InChI=1S/C2H4F5N2O4PS2/c1-15(10,11)8-14(6,7)9-16(12,13)2(3,4)5/h9H,1H3. The number of nitrogens with one attached hydrogen (secondary N) is 1. The fourth-order valence-corrected chi connectivity index (χ4v) is 3.89. The van der Waals surface area contributed by atoms with Gasteiger partial charge in [0.15, 0.2) is 0 Å². The van der Waals surface area contributed by atoms with E-state index in [2.05, 4.69) is 0 Å². The van der Waals surface area contributed by atoms with Gasteiger partial charge in [0.1, 0.15) is 0 Å². The Bertz CT molecular complexity index is 513. The van der Waals surface area contributed by atoms with Gasteiger partial charge in [-0.1, -0.05) is 0 Å². The molecule has 0 amide bonds. The van der Waals surface area contributed by atoms with Gasteiger partial charge < -0.3 is 0 Å². The van der Waals surface area contributed by atoms with Crippen LogP contribution in [-0.4, -0.2) is 28.6 Å². The van der Waals surface area contributed by atoms with Gasteiger partial charge in [-0.15, -0.1) is 8.64 Å². The van der Waals surface area contributed by atoms with E-state index in [1.165, 1.54) is 0 Å². The number of hydrogen-bond donors (Lipinski definition) is 1. The molecule has 6 nitrogen and oxygen atoms in total.